The summed E-state index contributed by atoms with van der Waals surface area (Å²) in [5.41, 5.74) is 3.69. The molecule has 0 saturated carbocycles. The van der Waals surface area contributed by atoms with Crippen molar-refractivity contribution in [2.75, 3.05) is 0 Å². The first kappa shape index (κ1) is 16.8. The highest BCUT2D eigenvalue weighted by Crippen LogP contribution is 2.41. The van der Waals surface area contributed by atoms with Crippen LogP contribution in [0.15, 0.2) is 87.8 Å². The summed E-state index contributed by atoms with van der Waals surface area (Å²) in [5.74, 6) is 0. The summed E-state index contributed by atoms with van der Waals surface area (Å²) in [5, 5.41) is 5.16. The van der Waals surface area contributed by atoms with Crippen LogP contribution in [-0.2, 0) is 0 Å². The highest BCUT2D eigenvalue weighted by atomic mass is 79.9. The van der Waals surface area contributed by atoms with E-state index in [2.05, 4.69) is 115 Å². The Morgan fingerprint density at radius 3 is 1.96 bits per heavy atom. The standard InChI is InChI=1S/C24H13Br2NS/c25-14-8-10-20-18(12-14)19-13-15(26)9-11-21(19)27(20)22-6-3-5-17-16-4-1-2-7-23(16)28-24(17)22/h1-13H. The number of aromatic nitrogens is 1. The Kier molecular flexibility index (Phi) is 3.70. The van der Waals surface area contributed by atoms with Gasteiger partial charge in [-0.15, -0.1) is 11.3 Å². The van der Waals surface area contributed by atoms with Crippen LogP contribution < -0.4 is 0 Å². The zero-order valence-electron chi connectivity index (χ0n) is 14.6. The second-order valence-corrected chi connectivity index (χ2v) is 9.79. The molecule has 0 aliphatic rings. The number of benzene rings is 4. The molecule has 0 bridgehead atoms. The second kappa shape index (κ2) is 6.18. The van der Waals surface area contributed by atoms with Crippen LogP contribution in [0.1, 0.15) is 0 Å². The maximum absolute atomic E-state index is 3.65. The smallest absolute Gasteiger partial charge is 0.0640 e. The number of hydrogen-bond acceptors (Lipinski definition) is 1. The average molecular weight is 507 g/mol. The zero-order valence-corrected chi connectivity index (χ0v) is 18.6. The van der Waals surface area contributed by atoms with E-state index < -0.39 is 0 Å². The normalized spacial score (nSPS) is 11.9. The summed E-state index contributed by atoms with van der Waals surface area (Å²) >= 11 is 9.16. The maximum Gasteiger partial charge on any atom is 0.0640 e. The fraction of sp³-hybridized carbons (Fsp3) is 0. The van der Waals surface area contributed by atoms with E-state index in [1.54, 1.807) is 0 Å². The predicted molar refractivity (Wildman–Crippen MR) is 129 cm³/mol. The molecule has 0 N–H and O–H groups in total. The molecule has 4 heteroatoms. The lowest BCUT2D eigenvalue weighted by Gasteiger charge is -2.09. The topological polar surface area (TPSA) is 4.93 Å². The highest BCUT2D eigenvalue weighted by Gasteiger charge is 2.16. The van der Waals surface area contributed by atoms with Crippen molar-refractivity contribution in [3.63, 3.8) is 0 Å². The quantitative estimate of drug-likeness (QED) is 0.210. The third-order valence-corrected chi connectivity index (χ3v) is 7.51. The molecule has 0 aliphatic carbocycles. The van der Waals surface area contributed by atoms with Crippen molar-refractivity contribution in [1.82, 2.24) is 4.57 Å². The Labute approximate surface area is 182 Å². The largest absolute Gasteiger partial charge is 0.308 e. The molecule has 4 aromatic carbocycles. The van der Waals surface area contributed by atoms with Gasteiger partial charge < -0.3 is 4.57 Å². The molecular formula is C24H13Br2NS. The molecule has 0 unspecified atom stereocenters. The van der Waals surface area contributed by atoms with Gasteiger partial charge in [0.2, 0.25) is 0 Å². The number of thiophene rings is 1. The van der Waals surface area contributed by atoms with Gasteiger partial charge in [-0.2, -0.15) is 0 Å². The minimum Gasteiger partial charge on any atom is -0.308 e. The van der Waals surface area contributed by atoms with Crippen LogP contribution in [0, 0.1) is 0 Å². The minimum absolute atomic E-state index is 1.10. The molecular weight excluding hydrogens is 494 g/mol. The Balaban J connectivity index is 1.82. The van der Waals surface area contributed by atoms with Gasteiger partial charge in [0.1, 0.15) is 0 Å². The molecule has 0 atom stereocenters. The van der Waals surface area contributed by atoms with E-state index >= 15 is 0 Å². The van der Waals surface area contributed by atoms with Crippen LogP contribution in [0.2, 0.25) is 0 Å². The Hall–Kier alpha value is -2.14. The summed E-state index contributed by atoms with van der Waals surface area (Å²) in [6.45, 7) is 0. The van der Waals surface area contributed by atoms with Gasteiger partial charge in [0.25, 0.3) is 0 Å². The molecule has 134 valence electrons. The van der Waals surface area contributed by atoms with Crippen LogP contribution in [0.3, 0.4) is 0 Å². The molecule has 0 radical (unpaired) electrons. The maximum atomic E-state index is 3.65. The van der Waals surface area contributed by atoms with Crippen LogP contribution in [0.5, 0.6) is 0 Å². The first-order valence-corrected chi connectivity index (χ1v) is 11.4. The minimum atomic E-state index is 1.10. The number of nitrogens with zero attached hydrogens (tertiary/aromatic N) is 1. The number of rotatable bonds is 1. The Morgan fingerprint density at radius 2 is 1.25 bits per heavy atom. The van der Waals surface area contributed by atoms with E-state index in [4.69, 9.17) is 0 Å². The van der Waals surface area contributed by atoms with E-state index in [1.165, 1.54) is 47.7 Å². The summed E-state index contributed by atoms with van der Waals surface area (Å²) in [7, 11) is 0. The van der Waals surface area contributed by atoms with Gasteiger partial charge in [0, 0.05) is 35.2 Å². The highest BCUT2D eigenvalue weighted by molar-refractivity contribution is 9.10. The van der Waals surface area contributed by atoms with Crippen LogP contribution in [0.25, 0.3) is 47.7 Å². The van der Waals surface area contributed by atoms with Gasteiger partial charge >= 0.3 is 0 Å². The van der Waals surface area contributed by atoms with E-state index in [1.807, 2.05) is 11.3 Å². The van der Waals surface area contributed by atoms with Crippen molar-refractivity contribution in [1.29, 1.82) is 0 Å². The molecule has 1 nitrogen and oxygen atoms in total. The van der Waals surface area contributed by atoms with Crippen LogP contribution in [0.4, 0.5) is 0 Å². The second-order valence-electron chi connectivity index (χ2n) is 6.91. The Bertz CT molecular complexity index is 1480. The number of hydrogen-bond donors (Lipinski definition) is 0. The molecule has 28 heavy (non-hydrogen) atoms. The lowest BCUT2D eigenvalue weighted by Crippen LogP contribution is -1.93. The van der Waals surface area contributed by atoms with Gasteiger partial charge in [0.05, 0.1) is 21.4 Å². The van der Waals surface area contributed by atoms with Crippen molar-refractivity contribution >= 4 is 85.2 Å². The fourth-order valence-corrected chi connectivity index (χ4v) is 6.06. The predicted octanol–water partition coefficient (Wildman–Crippen LogP) is 8.68. The molecule has 0 spiro atoms. The molecule has 6 rings (SSSR count). The molecule has 6 aromatic rings. The lowest BCUT2D eigenvalue weighted by atomic mass is 10.1. The first-order valence-electron chi connectivity index (χ1n) is 9.00. The summed E-state index contributed by atoms with van der Waals surface area (Å²) in [6, 6.07) is 28.4. The van der Waals surface area contributed by atoms with Crippen molar-refractivity contribution in [3.8, 4) is 5.69 Å². The zero-order chi connectivity index (χ0) is 18.8. The van der Waals surface area contributed by atoms with Crippen LogP contribution >= 0.6 is 43.2 Å². The van der Waals surface area contributed by atoms with Gasteiger partial charge in [0.15, 0.2) is 0 Å². The van der Waals surface area contributed by atoms with Crippen molar-refractivity contribution in [2.45, 2.75) is 0 Å². The van der Waals surface area contributed by atoms with Gasteiger partial charge in [-0.3, -0.25) is 0 Å². The average Bonchev–Trinajstić information content (AvgIpc) is 3.23. The monoisotopic (exact) mass is 505 g/mol. The summed E-state index contributed by atoms with van der Waals surface area (Å²) < 4.78 is 7.25. The van der Waals surface area contributed by atoms with Gasteiger partial charge in [-0.05, 0) is 48.5 Å². The molecule has 2 aromatic heterocycles. The summed E-state index contributed by atoms with van der Waals surface area (Å²) in [4.78, 5) is 0. The molecule has 2 heterocycles. The molecule has 0 saturated heterocycles. The molecule has 0 fully saturated rings. The van der Waals surface area contributed by atoms with Crippen molar-refractivity contribution < 1.29 is 0 Å². The van der Waals surface area contributed by atoms with E-state index in [0.29, 0.717) is 0 Å². The van der Waals surface area contributed by atoms with E-state index in [9.17, 15) is 0 Å². The third-order valence-electron chi connectivity index (χ3n) is 5.31. The van der Waals surface area contributed by atoms with Gasteiger partial charge in [-0.25, -0.2) is 0 Å². The molecule has 0 aliphatic heterocycles. The first-order chi connectivity index (χ1) is 13.7. The van der Waals surface area contributed by atoms with Crippen LogP contribution in [-0.4, -0.2) is 4.57 Å². The summed E-state index contributed by atoms with van der Waals surface area (Å²) in [6.07, 6.45) is 0. The Morgan fingerprint density at radius 1 is 0.607 bits per heavy atom. The third kappa shape index (κ3) is 2.35. The fourth-order valence-electron chi connectivity index (χ4n) is 4.14. The number of fused-ring (bicyclic) bond motifs is 6. The van der Waals surface area contributed by atoms with E-state index in [-0.39, 0.29) is 0 Å². The lowest BCUT2D eigenvalue weighted by molar-refractivity contribution is 1.20. The number of halogens is 2. The molecule has 0 amide bonds. The SMILES string of the molecule is Brc1ccc2c(c1)c1cc(Br)ccc1n2-c1cccc2c1sc1ccccc12. The van der Waals surface area contributed by atoms with E-state index in [0.717, 1.165) is 8.95 Å². The van der Waals surface area contributed by atoms with Gasteiger partial charge in [-0.1, -0.05) is 62.2 Å². The van der Waals surface area contributed by atoms with Crippen molar-refractivity contribution in [2.24, 2.45) is 0 Å². The van der Waals surface area contributed by atoms with Crippen molar-refractivity contribution in [3.05, 3.63) is 87.8 Å².